The Labute approximate surface area is 161 Å². The van der Waals surface area contributed by atoms with Gasteiger partial charge in [-0.1, -0.05) is 0 Å². The van der Waals surface area contributed by atoms with Gasteiger partial charge >= 0.3 is 0 Å². The largest absolute Gasteiger partial charge is 0.385 e. The number of aromatic nitrogens is 2. The van der Waals surface area contributed by atoms with E-state index in [1.807, 2.05) is 12.3 Å². The summed E-state index contributed by atoms with van der Waals surface area (Å²) in [6.07, 6.45) is 4.76. The van der Waals surface area contributed by atoms with Crippen LogP contribution in [-0.4, -0.2) is 81.6 Å². The van der Waals surface area contributed by atoms with Crippen LogP contribution in [0, 0.1) is 0 Å². The second-order valence-electron chi connectivity index (χ2n) is 7.06. The Kier molecular flexibility index (Phi) is 7.40. The maximum atomic E-state index is 12.5. The van der Waals surface area contributed by atoms with Gasteiger partial charge in [-0.05, 0) is 31.7 Å². The SMILES string of the molecule is COCCCCS(=O)(=O)N1CCC(c2nccc(N3CCOCC3)n2)CC1. The summed E-state index contributed by atoms with van der Waals surface area (Å²) in [4.78, 5) is 11.4. The molecule has 0 amide bonds. The first-order valence-corrected chi connectivity index (χ1v) is 11.3. The van der Waals surface area contributed by atoms with Gasteiger partial charge in [0.25, 0.3) is 0 Å². The standard InChI is InChI=1S/C18H30N4O4S/c1-25-12-2-3-15-27(23,24)22-8-5-16(6-9-22)18-19-7-4-17(20-18)21-10-13-26-14-11-21/h4,7,16H,2-3,5-6,8-15H2,1H3. The van der Waals surface area contributed by atoms with E-state index in [0.717, 1.165) is 57.2 Å². The molecule has 0 N–H and O–H groups in total. The molecule has 0 saturated carbocycles. The zero-order valence-corrected chi connectivity index (χ0v) is 16.9. The van der Waals surface area contributed by atoms with E-state index in [-0.39, 0.29) is 11.7 Å². The first-order valence-electron chi connectivity index (χ1n) is 9.72. The van der Waals surface area contributed by atoms with Crippen molar-refractivity contribution < 1.29 is 17.9 Å². The van der Waals surface area contributed by atoms with Crippen molar-refractivity contribution >= 4 is 15.8 Å². The minimum Gasteiger partial charge on any atom is -0.385 e. The second kappa shape index (κ2) is 9.77. The van der Waals surface area contributed by atoms with E-state index in [1.165, 1.54) is 0 Å². The van der Waals surface area contributed by atoms with Gasteiger partial charge in [-0.2, -0.15) is 0 Å². The fourth-order valence-electron chi connectivity index (χ4n) is 3.58. The lowest BCUT2D eigenvalue weighted by Crippen LogP contribution is -2.40. The normalized spacial score (nSPS) is 20.1. The van der Waals surface area contributed by atoms with Gasteiger partial charge in [-0.3, -0.25) is 0 Å². The van der Waals surface area contributed by atoms with Gasteiger partial charge in [0.1, 0.15) is 11.6 Å². The van der Waals surface area contributed by atoms with Crippen molar-refractivity contribution in [3.63, 3.8) is 0 Å². The molecular weight excluding hydrogens is 368 g/mol. The van der Waals surface area contributed by atoms with E-state index in [4.69, 9.17) is 14.5 Å². The third kappa shape index (κ3) is 5.60. The fraction of sp³-hybridized carbons (Fsp3) is 0.778. The number of methoxy groups -OCH3 is 1. The topological polar surface area (TPSA) is 84.9 Å². The van der Waals surface area contributed by atoms with Crippen molar-refractivity contribution in [1.82, 2.24) is 14.3 Å². The lowest BCUT2D eigenvalue weighted by Gasteiger charge is -2.31. The van der Waals surface area contributed by atoms with Gasteiger partial charge in [0.15, 0.2) is 0 Å². The van der Waals surface area contributed by atoms with E-state index in [1.54, 1.807) is 11.4 Å². The van der Waals surface area contributed by atoms with E-state index >= 15 is 0 Å². The van der Waals surface area contributed by atoms with Gasteiger partial charge in [0.2, 0.25) is 10.0 Å². The van der Waals surface area contributed by atoms with Gasteiger partial charge in [-0.15, -0.1) is 0 Å². The van der Waals surface area contributed by atoms with E-state index in [9.17, 15) is 8.42 Å². The van der Waals surface area contributed by atoms with Crippen LogP contribution >= 0.6 is 0 Å². The summed E-state index contributed by atoms with van der Waals surface area (Å²) in [7, 11) is -1.55. The Morgan fingerprint density at radius 2 is 1.93 bits per heavy atom. The third-order valence-electron chi connectivity index (χ3n) is 5.21. The highest BCUT2D eigenvalue weighted by molar-refractivity contribution is 7.89. The molecule has 27 heavy (non-hydrogen) atoms. The highest BCUT2D eigenvalue weighted by Crippen LogP contribution is 2.28. The average molecular weight is 399 g/mol. The minimum atomic E-state index is -3.18. The number of hydrogen-bond donors (Lipinski definition) is 0. The molecule has 0 atom stereocenters. The van der Waals surface area contributed by atoms with Crippen LogP contribution in [0.15, 0.2) is 12.3 Å². The maximum Gasteiger partial charge on any atom is 0.214 e. The van der Waals surface area contributed by atoms with Crippen LogP contribution in [0.1, 0.15) is 37.4 Å². The molecule has 2 fully saturated rings. The molecule has 3 rings (SSSR count). The molecule has 0 aliphatic carbocycles. The first-order chi connectivity index (χ1) is 13.1. The van der Waals surface area contributed by atoms with Crippen LogP contribution in [0.25, 0.3) is 0 Å². The summed E-state index contributed by atoms with van der Waals surface area (Å²) >= 11 is 0. The van der Waals surface area contributed by atoms with Crippen molar-refractivity contribution in [1.29, 1.82) is 0 Å². The highest BCUT2D eigenvalue weighted by atomic mass is 32.2. The molecule has 1 aromatic rings. The second-order valence-corrected chi connectivity index (χ2v) is 9.15. The van der Waals surface area contributed by atoms with Gasteiger partial charge < -0.3 is 14.4 Å². The summed E-state index contributed by atoms with van der Waals surface area (Å²) in [6, 6.07) is 1.94. The monoisotopic (exact) mass is 398 g/mol. The molecule has 152 valence electrons. The van der Waals surface area contributed by atoms with Crippen molar-refractivity contribution in [3.8, 4) is 0 Å². The molecule has 8 nitrogen and oxygen atoms in total. The molecule has 3 heterocycles. The Bertz CT molecular complexity index is 686. The Morgan fingerprint density at radius 1 is 1.19 bits per heavy atom. The number of anilines is 1. The molecule has 0 spiro atoms. The Morgan fingerprint density at radius 3 is 2.63 bits per heavy atom. The van der Waals surface area contributed by atoms with E-state index < -0.39 is 10.0 Å². The molecule has 1 aromatic heterocycles. The molecule has 2 aliphatic rings. The minimum absolute atomic E-state index is 0.198. The summed E-state index contributed by atoms with van der Waals surface area (Å²) < 4.78 is 37.0. The quantitative estimate of drug-likeness (QED) is 0.609. The Hall–Kier alpha value is -1.29. The lowest BCUT2D eigenvalue weighted by atomic mass is 9.97. The predicted octanol–water partition coefficient (Wildman–Crippen LogP) is 1.25. The number of rotatable bonds is 8. The zero-order valence-electron chi connectivity index (χ0n) is 16.0. The molecule has 2 aliphatic heterocycles. The molecule has 9 heteroatoms. The summed E-state index contributed by atoms with van der Waals surface area (Å²) in [5.74, 6) is 2.18. The average Bonchev–Trinajstić information content (AvgIpc) is 2.72. The summed E-state index contributed by atoms with van der Waals surface area (Å²) in [5, 5.41) is 0. The summed E-state index contributed by atoms with van der Waals surface area (Å²) in [5.41, 5.74) is 0. The zero-order chi connectivity index (χ0) is 19.1. The van der Waals surface area contributed by atoms with Crippen molar-refractivity contribution in [2.45, 2.75) is 31.6 Å². The van der Waals surface area contributed by atoms with Gasteiger partial charge in [-0.25, -0.2) is 22.7 Å². The van der Waals surface area contributed by atoms with Crippen LogP contribution in [0.5, 0.6) is 0 Å². The lowest BCUT2D eigenvalue weighted by molar-refractivity contribution is 0.122. The van der Waals surface area contributed by atoms with Gasteiger partial charge in [0, 0.05) is 52.0 Å². The number of morpholine rings is 1. The van der Waals surface area contributed by atoms with Gasteiger partial charge in [0.05, 0.1) is 19.0 Å². The van der Waals surface area contributed by atoms with Crippen LogP contribution in [0.3, 0.4) is 0 Å². The number of unbranched alkanes of at least 4 members (excludes halogenated alkanes) is 1. The third-order valence-corrected chi connectivity index (χ3v) is 7.16. The van der Waals surface area contributed by atoms with Crippen LogP contribution in [0.2, 0.25) is 0 Å². The van der Waals surface area contributed by atoms with Crippen molar-refractivity contribution in [2.75, 3.05) is 63.8 Å². The fourth-order valence-corrected chi connectivity index (χ4v) is 5.18. The van der Waals surface area contributed by atoms with Crippen LogP contribution in [0.4, 0.5) is 5.82 Å². The number of ether oxygens (including phenoxy) is 2. The van der Waals surface area contributed by atoms with E-state index in [0.29, 0.717) is 26.1 Å². The number of hydrogen-bond acceptors (Lipinski definition) is 7. The highest BCUT2D eigenvalue weighted by Gasteiger charge is 2.29. The van der Waals surface area contributed by atoms with Crippen LogP contribution in [-0.2, 0) is 19.5 Å². The molecular formula is C18H30N4O4S. The van der Waals surface area contributed by atoms with E-state index in [2.05, 4.69) is 9.88 Å². The van der Waals surface area contributed by atoms with Crippen molar-refractivity contribution in [2.24, 2.45) is 0 Å². The number of nitrogens with zero attached hydrogens (tertiary/aromatic N) is 4. The molecule has 0 radical (unpaired) electrons. The van der Waals surface area contributed by atoms with Crippen LogP contribution < -0.4 is 4.90 Å². The smallest absolute Gasteiger partial charge is 0.214 e. The first kappa shape index (κ1) is 20.4. The maximum absolute atomic E-state index is 12.5. The van der Waals surface area contributed by atoms with Crippen molar-refractivity contribution in [3.05, 3.63) is 18.1 Å². The molecule has 0 aromatic carbocycles. The number of sulfonamides is 1. The molecule has 0 unspecified atom stereocenters. The predicted molar refractivity (Wildman–Crippen MR) is 104 cm³/mol. The number of piperidine rings is 1. The summed E-state index contributed by atoms with van der Waals surface area (Å²) in [6.45, 7) is 4.83. The molecule has 0 bridgehead atoms. The molecule has 2 saturated heterocycles. The Balaban J connectivity index is 1.54.